The van der Waals surface area contributed by atoms with E-state index in [0.29, 0.717) is 34.2 Å². The highest BCUT2D eigenvalue weighted by molar-refractivity contribution is 5.76. The largest absolute Gasteiger partial charge is 0.508 e. The average Bonchev–Trinajstić information content (AvgIpc) is 3.05. The third kappa shape index (κ3) is 6.13. The predicted octanol–water partition coefficient (Wildman–Crippen LogP) is 5.84. The number of aromatic nitrogens is 2. The molecule has 0 aliphatic rings. The normalized spacial score (nSPS) is 10.3. The minimum absolute atomic E-state index is 0.337. The first-order valence-corrected chi connectivity index (χ1v) is 13.0. The van der Waals surface area contributed by atoms with Crippen molar-refractivity contribution in [3.05, 3.63) is 77.9 Å². The van der Waals surface area contributed by atoms with Crippen molar-refractivity contribution in [2.75, 3.05) is 65.4 Å². The fourth-order valence-electron chi connectivity index (χ4n) is 4.44. The van der Waals surface area contributed by atoms with E-state index < -0.39 is 0 Å². The van der Waals surface area contributed by atoms with Gasteiger partial charge in [-0.3, -0.25) is 9.97 Å². The molecule has 0 saturated heterocycles. The molecule has 4 rings (SSSR count). The van der Waals surface area contributed by atoms with Gasteiger partial charge in [-0.05, 0) is 48.5 Å². The Morgan fingerprint density at radius 1 is 0.714 bits per heavy atom. The second-order valence-corrected chi connectivity index (χ2v) is 9.36. The average molecular weight is 565 g/mol. The number of benzene rings is 2. The predicted molar refractivity (Wildman–Crippen MR) is 163 cm³/mol. The molecule has 0 fully saturated rings. The van der Waals surface area contributed by atoms with Crippen LogP contribution >= 0.6 is 0 Å². The van der Waals surface area contributed by atoms with E-state index in [4.69, 9.17) is 25.5 Å². The van der Waals surface area contributed by atoms with Crippen molar-refractivity contribution >= 4 is 17.1 Å². The van der Waals surface area contributed by atoms with Crippen LogP contribution in [0.1, 0.15) is 5.56 Å². The summed E-state index contributed by atoms with van der Waals surface area (Å²) in [4.78, 5) is 17.1. The van der Waals surface area contributed by atoms with Crippen LogP contribution in [-0.2, 0) is 0 Å². The topological polar surface area (TPSA) is 97.3 Å². The fourth-order valence-corrected chi connectivity index (χ4v) is 4.44. The van der Waals surface area contributed by atoms with Gasteiger partial charge in [0.1, 0.15) is 34.6 Å². The van der Waals surface area contributed by atoms with E-state index >= 15 is 0 Å². The molecule has 0 radical (unpaired) electrons. The molecule has 2 heterocycles. The lowest BCUT2D eigenvalue weighted by Crippen LogP contribution is -2.30. The number of ether oxygens (including phenoxy) is 4. The summed E-state index contributed by atoms with van der Waals surface area (Å²) in [5.41, 5.74) is 5.73. The first-order chi connectivity index (χ1) is 20.4. The third-order valence-electron chi connectivity index (χ3n) is 6.95. The van der Waals surface area contributed by atoms with Crippen LogP contribution in [0.15, 0.2) is 60.9 Å². The summed E-state index contributed by atoms with van der Waals surface area (Å²) >= 11 is 0. The number of likely N-dealkylation sites (N-methyl/N-ethyl adjacent to an activating group) is 2. The number of methoxy groups -OCH3 is 4. The van der Waals surface area contributed by atoms with Crippen molar-refractivity contribution < 1.29 is 18.9 Å². The van der Waals surface area contributed by atoms with E-state index in [1.807, 2.05) is 50.8 Å². The van der Waals surface area contributed by atoms with Crippen LogP contribution in [0.5, 0.6) is 23.0 Å². The maximum absolute atomic E-state index is 9.44. The molecule has 0 aliphatic heterocycles. The Bertz CT molecular complexity index is 1450. The number of anilines is 2. The number of hydrogen-bond acceptors (Lipinski definition) is 9. The molecule has 0 aliphatic carbocycles. The lowest BCUT2D eigenvalue weighted by atomic mass is 10.1. The van der Waals surface area contributed by atoms with Crippen LogP contribution in [0.2, 0.25) is 0 Å². The molecule has 0 atom stereocenters. The van der Waals surface area contributed by atoms with Crippen LogP contribution in [-0.4, -0.2) is 65.6 Å². The van der Waals surface area contributed by atoms with Gasteiger partial charge in [-0.1, -0.05) is 0 Å². The maximum Gasteiger partial charge on any atom is 0.268 e. The van der Waals surface area contributed by atoms with E-state index in [0.717, 1.165) is 47.0 Å². The molecule has 0 unspecified atom stereocenters. The van der Waals surface area contributed by atoms with Gasteiger partial charge >= 0.3 is 0 Å². The van der Waals surface area contributed by atoms with Crippen LogP contribution in [0.25, 0.3) is 27.4 Å². The first kappa shape index (κ1) is 29.5. The molecule has 2 aromatic heterocycles. The Balaban J connectivity index is 1.42. The minimum atomic E-state index is 0.337. The Kier molecular flexibility index (Phi) is 9.31. The zero-order valence-corrected chi connectivity index (χ0v) is 24.5. The Labute approximate surface area is 246 Å². The van der Waals surface area contributed by atoms with Crippen molar-refractivity contribution in [1.29, 1.82) is 5.26 Å². The van der Waals surface area contributed by atoms with Gasteiger partial charge in [0.05, 0.1) is 70.2 Å². The van der Waals surface area contributed by atoms with E-state index in [1.54, 1.807) is 24.3 Å². The number of rotatable bonds is 11. The smallest absolute Gasteiger partial charge is 0.268 e. The van der Waals surface area contributed by atoms with Gasteiger partial charge in [-0.2, -0.15) is 5.26 Å². The van der Waals surface area contributed by atoms with Crippen LogP contribution < -0.4 is 28.7 Å². The van der Waals surface area contributed by atoms with Crippen LogP contribution in [0, 0.1) is 17.9 Å². The van der Waals surface area contributed by atoms with Crippen LogP contribution in [0.4, 0.5) is 17.1 Å². The highest BCUT2D eigenvalue weighted by Crippen LogP contribution is 2.41. The molecule has 0 amide bonds. The SMILES string of the molecule is [C-]#[N+]c1c(OC)cc(-c2ccc(N(C)CCN(C)c3ccc(-c4cc(OC)c(C#N)c(OC)c4)nc3)cn2)cc1OC. The summed E-state index contributed by atoms with van der Waals surface area (Å²) in [7, 11) is 10.2. The molecular formula is C32H32N6O4. The highest BCUT2D eigenvalue weighted by atomic mass is 16.5. The van der Waals surface area contributed by atoms with E-state index in [-0.39, 0.29) is 0 Å². The Morgan fingerprint density at radius 3 is 1.43 bits per heavy atom. The van der Waals surface area contributed by atoms with Crippen LogP contribution in [0.3, 0.4) is 0 Å². The number of nitrogens with zero attached hydrogens (tertiary/aromatic N) is 6. The summed E-state index contributed by atoms with van der Waals surface area (Å²) in [5, 5.41) is 9.44. The summed E-state index contributed by atoms with van der Waals surface area (Å²) in [6, 6.07) is 17.2. The number of pyridine rings is 2. The molecule has 0 saturated carbocycles. The summed E-state index contributed by atoms with van der Waals surface area (Å²) in [6.07, 6.45) is 3.65. The van der Waals surface area contributed by atoms with Crippen molar-refractivity contribution in [3.8, 4) is 51.6 Å². The lowest BCUT2D eigenvalue weighted by molar-refractivity contribution is 0.392. The quantitative estimate of drug-likeness (QED) is 0.208. The summed E-state index contributed by atoms with van der Waals surface area (Å²) < 4.78 is 21.5. The number of hydrogen-bond donors (Lipinski definition) is 0. The number of nitriles is 1. The standard InChI is InChI=1S/C32H32N6O4/c1-34-32-30(41-6)16-22(17-31(32)42-7)27-11-9-24(20-36-27)38(3)13-12-37(2)23-8-10-26(35-19-23)21-14-28(39-4)25(18-33)29(15-21)40-5/h8-11,14-17,19-20H,12-13H2,2-7H3. The van der Waals surface area contributed by atoms with Gasteiger partial charge in [0.2, 0.25) is 0 Å². The van der Waals surface area contributed by atoms with Gasteiger partial charge in [-0.15, -0.1) is 0 Å². The van der Waals surface area contributed by atoms with Gasteiger partial charge in [0.25, 0.3) is 5.69 Å². The van der Waals surface area contributed by atoms with Crippen molar-refractivity contribution in [3.63, 3.8) is 0 Å². The van der Waals surface area contributed by atoms with Crippen molar-refractivity contribution in [2.24, 2.45) is 0 Å². The van der Waals surface area contributed by atoms with Gasteiger partial charge in [0.15, 0.2) is 0 Å². The molecule has 4 aromatic rings. The molecule has 42 heavy (non-hydrogen) atoms. The fraction of sp³-hybridized carbons (Fsp3) is 0.250. The first-order valence-electron chi connectivity index (χ1n) is 13.0. The molecular weight excluding hydrogens is 532 g/mol. The van der Waals surface area contributed by atoms with Crippen molar-refractivity contribution in [1.82, 2.24) is 9.97 Å². The molecule has 10 nitrogen and oxygen atoms in total. The van der Waals surface area contributed by atoms with Gasteiger partial charge in [0, 0.05) is 38.3 Å². The summed E-state index contributed by atoms with van der Waals surface area (Å²) in [6.45, 7) is 8.92. The molecule has 10 heteroatoms. The molecule has 0 N–H and O–H groups in total. The molecule has 0 bridgehead atoms. The maximum atomic E-state index is 9.44. The third-order valence-corrected chi connectivity index (χ3v) is 6.95. The van der Waals surface area contributed by atoms with Gasteiger partial charge in [-0.25, -0.2) is 4.85 Å². The molecule has 214 valence electrons. The van der Waals surface area contributed by atoms with Crippen molar-refractivity contribution in [2.45, 2.75) is 0 Å². The zero-order valence-electron chi connectivity index (χ0n) is 24.5. The Morgan fingerprint density at radius 2 is 1.12 bits per heavy atom. The lowest BCUT2D eigenvalue weighted by Gasteiger charge is -2.25. The van der Waals surface area contributed by atoms with Gasteiger partial charge < -0.3 is 28.7 Å². The van der Waals surface area contributed by atoms with E-state index in [1.165, 1.54) is 28.4 Å². The second-order valence-electron chi connectivity index (χ2n) is 9.36. The second kappa shape index (κ2) is 13.2. The highest BCUT2D eigenvalue weighted by Gasteiger charge is 2.16. The van der Waals surface area contributed by atoms with E-state index in [2.05, 4.69) is 30.7 Å². The van der Waals surface area contributed by atoms with E-state index in [9.17, 15) is 5.26 Å². The molecule has 0 spiro atoms. The molecule has 2 aromatic carbocycles. The Hall–Kier alpha value is -5.48. The summed E-state index contributed by atoms with van der Waals surface area (Å²) in [5.74, 6) is 1.78. The minimum Gasteiger partial charge on any atom is -0.508 e. The zero-order chi connectivity index (χ0) is 30.2. The monoisotopic (exact) mass is 564 g/mol.